The van der Waals surface area contributed by atoms with Gasteiger partial charge in [-0.3, -0.25) is 0 Å². The van der Waals surface area contributed by atoms with Gasteiger partial charge in [0.1, 0.15) is 0 Å². The van der Waals surface area contributed by atoms with Crippen molar-refractivity contribution in [2.75, 3.05) is 0 Å². The van der Waals surface area contributed by atoms with Crippen molar-refractivity contribution >= 4 is 11.6 Å². The quantitative estimate of drug-likeness (QED) is 0.727. The van der Waals surface area contributed by atoms with Gasteiger partial charge in [0.2, 0.25) is 11.8 Å². The van der Waals surface area contributed by atoms with Gasteiger partial charge in [-0.1, -0.05) is 35.9 Å². The van der Waals surface area contributed by atoms with Gasteiger partial charge in [0.05, 0.1) is 10.6 Å². The van der Waals surface area contributed by atoms with Crippen molar-refractivity contribution in [2.24, 2.45) is 0 Å². The van der Waals surface area contributed by atoms with E-state index in [2.05, 4.69) is 10.2 Å². The van der Waals surface area contributed by atoms with Crippen LogP contribution in [0.1, 0.15) is 11.9 Å². The molecule has 0 saturated heterocycles. The summed E-state index contributed by atoms with van der Waals surface area (Å²) in [6.07, 6.45) is -1.50. The Morgan fingerprint density at radius 2 is 1.57 bits per heavy atom. The van der Waals surface area contributed by atoms with E-state index < -0.39 is 6.29 Å². The predicted molar refractivity (Wildman–Crippen MR) is 77.4 cm³/mol. The Labute approximate surface area is 125 Å². The smallest absolute Gasteiger partial charge is 0.249 e. The van der Waals surface area contributed by atoms with Crippen molar-refractivity contribution in [1.82, 2.24) is 10.2 Å². The molecule has 0 unspecified atom stereocenters. The Morgan fingerprint density at radius 3 is 2.24 bits per heavy atom. The van der Waals surface area contributed by atoms with Crippen LogP contribution in [0.25, 0.3) is 22.9 Å². The molecule has 1 heterocycles. The summed E-state index contributed by atoms with van der Waals surface area (Å²) in [6, 6.07) is 13.7. The molecule has 0 saturated carbocycles. The maximum Gasteiger partial charge on any atom is 0.249 e. The van der Waals surface area contributed by atoms with Crippen LogP contribution in [0.2, 0.25) is 5.02 Å². The summed E-state index contributed by atoms with van der Waals surface area (Å²) in [5.41, 5.74) is 1.75. The molecule has 0 aliphatic carbocycles. The second kappa shape index (κ2) is 5.65. The van der Waals surface area contributed by atoms with Crippen molar-refractivity contribution in [3.8, 4) is 22.9 Å². The topological polar surface area (TPSA) is 79.4 Å². The third-order valence-electron chi connectivity index (χ3n) is 2.99. The van der Waals surface area contributed by atoms with Gasteiger partial charge < -0.3 is 14.6 Å². The van der Waals surface area contributed by atoms with Crippen LogP contribution in [0.4, 0.5) is 0 Å². The van der Waals surface area contributed by atoms with Crippen LogP contribution in [0, 0.1) is 0 Å². The molecule has 5 nitrogen and oxygen atoms in total. The van der Waals surface area contributed by atoms with Crippen LogP contribution in [-0.2, 0) is 0 Å². The van der Waals surface area contributed by atoms with Crippen LogP contribution in [-0.4, -0.2) is 20.4 Å². The van der Waals surface area contributed by atoms with Gasteiger partial charge in [-0.05, 0) is 24.3 Å². The van der Waals surface area contributed by atoms with Crippen molar-refractivity contribution < 1.29 is 14.6 Å². The molecule has 0 aliphatic heterocycles. The number of aromatic nitrogens is 2. The Bertz CT molecular complexity index is 754. The molecule has 1 aromatic heterocycles. The Balaban J connectivity index is 1.93. The maximum atomic E-state index is 9.06. The standard InChI is InChI=1S/C15H11ClN2O3/c16-12-4-2-1-3-11(12)14-18-17-13(21-14)9-5-7-10(8-6-9)15(19)20/h1-8,15,19-20H. The molecule has 0 radical (unpaired) electrons. The Kier molecular flexibility index (Phi) is 3.70. The average Bonchev–Trinajstić information content (AvgIpc) is 2.97. The van der Waals surface area contributed by atoms with Gasteiger partial charge in [0.25, 0.3) is 0 Å². The second-order valence-electron chi connectivity index (χ2n) is 4.39. The third kappa shape index (κ3) is 2.80. The highest BCUT2D eigenvalue weighted by atomic mass is 35.5. The van der Waals surface area contributed by atoms with Crippen LogP contribution >= 0.6 is 11.6 Å². The fourth-order valence-corrected chi connectivity index (χ4v) is 2.10. The Hall–Kier alpha value is -2.21. The van der Waals surface area contributed by atoms with Crippen molar-refractivity contribution in [3.63, 3.8) is 0 Å². The molecule has 3 rings (SSSR count). The van der Waals surface area contributed by atoms with E-state index in [0.29, 0.717) is 33.5 Å². The van der Waals surface area contributed by atoms with Gasteiger partial charge >= 0.3 is 0 Å². The van der Waals surface area contributed by atoms with Crippen LogP contribution in [0.15, 0.2) is 52.9 Å². The normalized spacial score (nSPS) is 11.0. The molecule has 0 fully saturated rings. The number of benzene rings is 2. The number of aliphatic hydroxyl groups excluding tert-OH is 1. The first-order valence-corrected chi connectivity index (χ1v) is 6.58. The number of nitrogens with zero attached hydrogens (tertiary/aromatic N) is 2. The maximum absolute atomic E-state index is 9.06. The van der Waals surface area contributed by atoms with E-state index in [9.17, 15) is 0 Å². The van der Waals surface area contributed by atoms with E-state index in [1.54, 1.807) is 36.4 Å². The van der Waals surface area contributed by atoms with Crippen LogP contribution in [0.5, 0.6) is 0 Å². The first kappa shape index (κ1) is 13.8. The zero-order chi connectivity index (χ0) is 14.8. The van der Waals surface area contributed by atoms with Crippen molar-refractivity contribution in [2.45, 2.75) is 6.29 Å². The van der Waals surface area contributed by atoms with Gasteiger partial charge in [-0.2, -0.15) is 0 Å². The molecule has 0 bridgehead atoms. The average molecular weight is 303 g/mol. The monoisotopic (exact) mass is 302 g/mol. The van der Waals surface area contributed by atoms with Crippen molar-refractivity contribution in [1.29, 1.82) is 0 Å². The van der Waals surface area contributed by atoms with E-state index in [1.807, 2.05) is 12.1 Å². The summed E-state index contributed by atoms with van der Waals surface area (Å²) < 4.78 is 5.61. The summed E-state index contributed by atoms with van der Waals surface area (Å²) in [7, 11) is 0. The molecule has 0 spiro atoms. The molecule has 0 amide bonds. The summed E-state index contributed by atoms with van der Waals surface area (Å²) in [5.74, 6) is 0.672. The van der Waals surface area contributed by atoms with E-state index in [-0.39, 0.29) is 0 Å². The largest absolute Gasteiger partial charge is 0.416 e. The second-order valence-corrected chi connectivity index (χ2v) is 4.80. The highest BCUT2D eigenvalue weighted by molar-refractivity contribution is 6.33. The highest BCUT2D eigenvalue weighted by Gasteiger charge is 2.13. The highest BCUT2D eigenvalue weighted by Crippen LogP contribution is 2.29. The number of hydrogen-bond acceptors (Lipinski definition) is 5. The molecule has 2 N–H and O–H groups in total. The number of rotatable bonds is 3. The van der Waals surface area contributed by atoms with Gasteiger partial charge in [0.15, 0.2) is 6.29 Å². The molecule has 6 heteroatoms. The van der Waals surface area contributed by atoms with Crippen molar-refractivity contribution in [3.05, 3.63) is 59.1 Å². The summed E-state index contributed by atoms with van der Waals surface area (Å²) in [4.78, 5) is 0. The molecule has 106 valence electrons. The Morgan fingerprint density at radius 1 is 0.905 bits per heavy atom. The summed E-state index contributed by atoms with van der Waals surface area (Å²) in [5, 5.41) is 26.6. The third-order valence-corrected chi connectivity index (χ3v) is 3.31. The summed E-state index contributed by atoms with van der Waals surface area (Å²) in [6.45, 7) is 0. The lowest BCUT2D eigenvalue weighted by molar-refractivity contribution is -0.0424. The van der Waals surface area contributed by atoms with E-state index >= 15 is 0 Å². The van der Waals surface area contributed by atoms with E-state index in [1.165, 1.54) is 0 Å². The minimum absolute atomic E-state index is 0.335. The SMILES string of the molecule is OC(O)c1ccc(-c2nnc(-c3ccccc3Cl)o2)cc1. The van der Waals surface area contributed by atoms with Crippen LogP contribution < -0.4 is 0 Å². The molecule has 21 heavy (non-hydrogen) atoms. The first-order valence-electron chi connectivity index (χ1n) is 6.20. The molecule has 0 aliphatic rings. The fraction of sp³-hybridized carbons (Fsp3) is 0.0667. The first-order chi connectivity index (χ1) is 10.1. The van der Waals surface area contributed by atoms with Gasteiger partial charge in [-0.25, -0.2) is 0 Å². The van der Waals surface area contributed by atoms with Gasteiger partial charge in [-0.15, -0.1) is 10.2 Å². The zero-order valence-electron chi connectivity index (χ0n) is 10.8. The fourth-order valence-electron chi connectivity index (χ4n) is 1.88. The molecular weight excluding hydrogens is 292 g/mol. The summed E-state index contributed by atoms with van der Waals surface area (Å²) >= 11 is 6.09. The van der Waals surface area contributed by atoms with E-state index in [4.69, 9.17) is 26.2 Å². The minimum Gasteiger partial charge on any atom is -0.416 e. The van der Waals surface area contributed by atoms with Gasteiger partial charge in [0, 0.05) is 11.1 Å². The zero-order valence-corrected chi connectivity index (χ0v) is 11.5. The van der Waals surface area contributed by atoms with Crippen LogP contribution in [0.3, 0.4) is 0 Å². The molecule has 3 aromatic rings. The predicted octanol–water partition coefficient (Wildman–Crippen LogP) is 3.04. The number of hydrogen-bond donors (Lipinski definition) is 2. The molecule has 2 aromatic carbocycles. The lowest BCUT2D eigenvalue weighted by Crippen LogP contribution is -1.93. The lowest BCUT2D eigenvalue weighted by Gasteiger charge is -2.03. The lowest BCUT2D eigenvalue weighted by atomic mass is 10.1. The minimum atomic E-state index is -1.50. The molecule has 0 atom stereocenters. The van der Waals surface area contributed by atoms with E-state index in [0.717, 1.165) is 0 Å². The molecular formula is C15H11ClN2O3. The number of halogens is 1. The number of aliphatic hydroxyl groups is 2.